The summed E-state index contributed by atoms with van der Waals surface area (Å²) in [6, 6.07) is 6.20. The largest absolute Gasteiger partial charge is 0.336 e. The molecule has 1 aromatic carbocycles. The fraction of sp³-hybridized carbons (Fsp3) is 0.273. The first kappa shape index (κ1) is 16.9. The second-order valence-corrected chi connectivity index (χ2v) is 7.60. The van der Waals surface area contributed by atoms with Gasteiger partial charge in [0, 0.05) is 17.5 Å². The molecule has 1 aromatic rings. The third-order valence-corrected chi connectivity index (χ3v) is 4.28. The Morgan fingerprint density at radius 1 is 1.21 bits per heavy atom. The molecule has 0 saturated carbocycles. The average Bonchev–Trinajstić information content (AvgIpc) is 2.27. The number of nitrogens with one attached hydrogen (secondary N) is 1. The predicted octanol–water partition coefficient (Wildman–Crippen LogP) is 4.05. The molecule has 0 unspecified atom stereocenters. The molecule has 1 amide bonds. The van der Waals surface area contributed by atoms with Crippen LogP contribution in [0.15, 0.2) is 24.3 Å². The molecule has 0 fully saturated rings. The van der Waals surface area contributed by atoms with Crippen LogP contribution in [0.25, 0.3) is 0 Å². The van der Waals surface area contributed by atoms with E-state index in [1.807, 2.05) is 0 Å². The van der Waals surface area contributed by atoms with Gasteiger partial charge in [-0.1, -0.05) is 58.2 Å². The summed E-state index contributed by atoms with van der Waals surface area (Å²) in [4.78, 5) is 23.0. The summed E-state index contributed by atoms with van der Waals surface area (Å²) in [5.74, 6) is -0.457. The fourth-order valence-corrected chi connectivity index (χ4v) is 2.47. The van der Waals surface area contributed by atoms with Gasteiger partial charge in [-0.3, -0.25) is 9.59 Å². The van der Waals surface area contributed by atoms with Crippen LogP contribution in [0.2, 0.25) is 5.02 Å². The Morgan fingerprint density at radius 2 is 1.74 bits per heavy atom. The van der Waals surface area contributed by atoms with Gasteiger partial charge in [0.25, 0.3) is 5.91 Å². The maximum atomic E-state index is 11.9. The van der Waals surface area contributed by atoms with E-state index < -0.39 is 15.1 Å². The number of hydrogen-bond donors (Lipinski definition) is 1. The van der Waals surface area contributed by atoms with Crippen molar-refractivity contribution in [1.29, 1.82) is 0 Å². The van der Waals surface area contributed by atoms with Crippen LogP contribution in [0, 0.1) is 0 Å². The fourth-order valence-electron chi connectivity index (χ4n) is 1.15. The van der Waals surface area contributed by atoms with Gasteiger partial charge in [0.1, 0.15) is 5.37 Å². The topological polar surface area (TPSA) is 46.2 Å². The lowest BCUT2D eigenvalue weighted by Crippen LogP contribution is -2.42. The summed E-state index contributed by atoms with van der Waals surface area (Å²) in [5.41, 5.74) is 0.354. The molecule has 104 valence electrons. The van der Waals surface area contributed by atoms with Crippen LogP contribution in [0.3, 0.4) is 0 Å². The van der Waals surface area contributed by atoms with Crippen LogP contribution in [0.1, 0.15) is 17.3 Å². The van der Waals surface area contributed by atoms with Gasteiger partial charge in [-0.2, -0.15) is 0 Å². The Labute approximate surface area is 134 Å². The number of carbonyl (C=O) groups is 2. The summed E-state index contributed by atoms with van der Waals surface area (Å²) in [6.45, 7) is 1.32. The number of benzene rings is 1. The molecular weight excluding hydrogens is 352 g/mol. The van der Waals surface area contributed by atoms with Crippen LogP contribution in [-0.4, -0.2) is 20.2 Å². The maximum absolute atomic E-state index is 11.9. The minimum absolute atomic E-state index is 0.271. The molecular formula is C11H9Cl4NO2S. The first-order chi connectivity index (χ1) is 8.70. The number of thioether (sulfide) groups is 1. The highest BCUT2D eigenvalue weighted by Gasteiger charge is 2.35. The number of alkyl halides is 3. The van der Waals surface area contributed by atoms with Crippen molar-refractivity contribution < 1.29 is 9.59 Å². The number of amides is 1. The first-order valence-electron chi connectivity index (χ1n) is 5.00. The monoisotopic (exact) mass is 359 g/mol. The van der Waals surface area contributed by atoms with Crippen molar-refractivity contribution in [1.82, 2.24) is 5.32 Å². The summed E-state index contributed by atoms with van der Waals surface area (Å²) in [6.07, 6.45) is 0. The van der Waals surface area contributed by atoms with Crippen molar-refractivity contribution in [2.75, 3.05) is 0 Å². The average molecular weight is 361 g/mol. The van der Waals surface area contributed by atoms with E-state index in [-0.39, 0.29) is 5.12 Å². The van der Waals surface area contributed by atoms with Crippen LogP contribution in [0.4, 0.5) is 0 Å². The van der Waals surface area contributed by atoms with Crippen molar-refractivity contribution in [3.63, 3.8) is 0 Å². The van der Waals surface area contributed by atoms with Crippen LogP contribution >= 0.6 is 58.2 Å². The minimum Gasteiger partial charge on any atom is -0.336 e. The zero-order valence-corrected chi connectivity index (χ0v) is 13.5. The van der Waals surface area contributed by atoms with Crippen LogP contribution in [-0.2, 0) is 4.79 Å². The highest BCUT2D eigenvalue weighted by molar-refractivity contribution is 8.14. The zero-order valence-electron chi connectivity index (χ0n) is 9.62. The Kier molecular flexibility index (Phi) is 6.27. The van der Waals surface area contributed by atoms with Gasteiger partial charge >= 0.3 is 0 Å². The maximum Gasteiger partial charge on any atom is 0.252 e. The van der Waals surface area contributed by atoms with Crippen LogP contribution < -0.4 is 5.32 Å². The van der Waals surface area contributed by atoms with E-state index in [2.05, 4.69) is 5.32 Å². The molecule has 3 nitrogen and oxygen atoms in total. The number of rotatable bonds is 3. The lowest BCUT2D eigenvalue weighted by atomic mass is 10.2. The normalized spacial score (nSPS) is 12.9. The summed E-state index contributed by atoms with van der Waals surface area (Å²) in [7, 11) is 0. The smallest absolute Gasteiger partial charge is 0.252 e. The van der Waals surface area contributed by atoms with Gasteiger partial charge in [0.05, 0.1) is 0 Å². The quantitative estimate of drug-likeness (QED) is 0.653. The molecule has 0 bridgehead atoms. The van der Waals surface area contributed by atoms with Gasteiger partial charge < -0.3 is 5.32 Å². The van der Waals surface area contributed by atoms with E-state index >= 15 is 0 Å². The zero-order chi connectivity index (χ0) is 14.6. The molecule has 1 atom stereocenters. The number of hydrogen-bond acceptors (Lipinski definition) is 3. The Balaban J connectivity index is 2.81. The molecule has 0 aromatic heterocycles. The van der Waals surface area contributed by atoms with Gasteiger partial charge in [-0.05, 0) is 24.3 Å². The summed E-state index contributed by atoms with van der Waals surface area (Å²) >= 11 is 23.6. The third kappa shape index (κ3) is 5.79. The van der Waals surface area contributed by atoms with Gasteiger partial charge in [-0.15, -0.1) is 0 Å². The van der Waals surface area contributed by atoms with E-state index in [0.717, 1.165) is 11.8 Å². The molecule has 0 aliphatic rings. The summed E-state index contributed by atoms with van der Waals surface area (Å²) in [5, 5.41) is 1.75. The molecule has 0 heterocycles. The lowest BCUT2D eigenvalue weighted by Gasteiger charge is -2.23. The highest BCUT2D eigenvalue weighted by Crippen LogP contribution is 2.36. The standard InChI is InChI=1S/C11H9Cl4NO2S/c1-6(17)19-10(11(13,14)15)16-9(18)7-2-4-8(12)5-3-7/h2-5,10H,1H3,(H,16,18)/t10-/m0/s1. The van der Waals surface area contributed by atoms with Crippen molar-refractivity contribution in [2.24, 2.45) is 0 Å². The van der Waals surface area contributed by atoms with Crippen molar-refractivity contribution in [3.05, 3.63) is 34.9 Å². The molecule has 0 spiro atoms. The summed E-state index contributed by atoms with van der Waals surface area (Å²) < 4.78 is -1.79. The van der Waals surface area contributed by atoms with Crippen molar-refractivity contribution >= 4 is 69.2 Å². The lowest BCUT2D eigenvalue weighted by molar-refractivity contribution is -0.109. The second kappa shape index (κ2) is 7.04. The molecule has 19 heavy (non-hydrogen) atoms. The second-order valence-electron chi connectivity index (χ2n) is 3.51. The van der Waals surface area contributed by atoms with Gasteiger partial charge in [0.15, 0.2) is 5.12 Å². The van der Waals surface area contributed by atoms with Gasteiger partial charge in [-0.25, -0.2) is 0 Å². The number of halogens is 4. The van der Waals surface area contributed by atoms with Gasteiger partial charge in [0.2, 0.25) is 3.79 Å². The molecule has 1 N–H and O–H groups in total. The van der Waals surface area contributed by atoms with E-state index in [9.17, 15) is 9.59 Å². The molecule has 0 radical (unpaired) electrons. The van der Waals surface area contributed by atoms with Crippen LogP contribution in [0.5, 0.6) is 0 Å². The van der Waals surface area contributed by atoms with E-state index in [4.69, 9.17) is 46.4 Å². The minimum atomic E-state index is -1.79. The molecule has 0 saturated heterocycles. The first-order valence-corrected chi connectivity index (χ1v) is 7.39. The van der Waals surface area contributed by atoms with E-state index in [1.54, 1.807) is 12.1 Å². The SMILES string of the molecule is CC(=O)S[C@H](NC(=O)c1ccc(Cl)cc1)C(Cl)(Cl)Cl. The molecule has 8 heteroatoms. The molecule has 0 aliphatic heterocycles. The van der Waals surface area contributed by atoms with Crippen molar-refractivity contribution in [3.8, 4) is 0 Å². The number of carbonyl (C=O) groups excluding carboxylic acids is 2. The van der Waals surface area contributed by atoms with Crippen molar-refractivity contribution in [2.45, 2.75) is 16.1 Å². The highest BCUT2D eigenvalue weighted by atomic mass is 35.6. The molecule has 1 rings (SSSR count). The van der Waals surface area contributed by atoms with E-state index in [0.29, 0.717) is 10.6 Å². The Hall–Kier alpha value is -0.130. The Morgan fingerprint density at radius 3 is 2.16 bits per heavy atom. The third-order valence-electron chi connectivity index (χ3n) is 1.95. The molecule has 0 aliphatic carbocycles. The Bertz CT molecular complexity index is 473. The van der Waals surface area contributed by atoms with E-state index in [1.165, 1.54) is 19.1 Å². The predicted molar refractivity (Wildman–Crippen MR) is 81.3 cm³/mol.